The molecule has 1 atom stereocenters. The maximum atomic E-state index is 12.9. The molecule has 1 heterocycles. The molecule has 1 amide bonds. The van der Waals surface area contributed by atoms with E-state index in [1.54, 1.807) is 0 Å². The van der Waals surface area contributed by atoms with E-state index in [1.807, 2.05) is 60.7 Å². The molecule has 1 aliphatic rings. The Bertz CT molecular complexity index is 1120. The van der Waals surface area contributed by atoms with Crippen LogP contribution in [0.2, 0.25) is 0 Å². The van der Waals surface area contributed by atoms with Crippen molar-refractivity contribution >= 4 is 18.7 Å². The molecule has 0 saturated heterocycles. The number of carbonyl (C=O) groups is 1. The van der Waals surface area contributed by atoms with E-state index in [0.717, 1.165) is 22.3 Å². The van der Waals surface area contributed by atoms with E-state index in [0.29, 0.717) is 18.7 Å². The number of oxime groups is 1. The molecule has 0 radical (unpaired) electrons. The third-order valence-corrected chi connectivity index (χ3v) is 5.60. The summed E-state index contributed by atoms with van der Waals surface area (Å²) in [6.07, 6.45) is 0.259. The molecule has 0 fully saturated rings. The predicted molar refractivity (Wildman–Crippen MR) is 131 cm³/mol. The molecule has 174 valence electrons. The average Bonchev–Trinajstić information content (AvgIpc) is 3.27. The smallest absolute Gasteiger partial charge is 0.426 e. The number of carbonyl (C=O) groups excluding carboxylic acids is 1. The number of rotatable bonds is 10. The molecule has 4 rings (SSSR count). The zero-order valence-corrected chi connectivity index (χ0v) is 18.8. The Morgan fingerprint density at radius 1 is 0.941 bits per heavy atom. The number of amides is 1. The molecular weight excluding hydrogens is 431 g/mol. The highest BCUT2D eigenvalue weighted by Crippen LogP contribution is 2.29. The van der Waals surface area contributed by atoms with E-state index in [9.17, 15) is 4.79 Å². The highest BCUT2D eigenvalue weighted by atomic mass is 16.7. The Balaban J connectivity index is 1.37. The molecule has 0 spiro atoms. The van der Waals surface area contributed by atoms with Gasteiger partial charge < -0.3 is 24.9 Å². The molecular formula is C26H27BN2O5. The zero-order valence-electron chi connectivity index (χ0n) is 18.8. The van der Waals surface area contributed by atoms with Crippen molar-refractivity contribution in [2.45, 2.75) is 25.0 Å². The van der Waals surface area contributed by atoms with Crippen LogP contribution in [0.15, 0.2) is 90.1 Å². The first-order chi connectivity index (χ1) is 16.5. The van der Waals surface area contributed by atoms with Gasteiger partial charge in [-0.05, 0) is 28.3 Å². The summed E-state index contributed by atoms with van der Waals surface area (Å²) in [7, 11) is -1.64. The summed E-state index contributed by atoms with van der Waals surface area (Å²) >= 11 is 0. The van der Waals surface area contributed by atoms with Gasteiger partial charge in [-0.1, -0.05) is 84.0 Å². The van der Waals surface area contributed by atoms with Gasteiger partial charge in [-0.25, -0.2) is 0 Å². The van der Waals surface area contributed by atoms with Crippen LogP contribution < -0.4 is 5.32 Å². The molecule has 0 aromatic heterocycles. The van der Waals surface area contributed by atoms with E-state index in [2.05, 4.69) is 34.7 Å². The molecule has 8 heteroatoms. The summed E-state index contributed by atoms with van der Waals surface area (Å²) in [5, 5.41) is 24.9. The maximum absolute atomic E-state index is 12.9. The van der Waals surface area contributed by atoms with Crippen LogP contribution in [-0.2, 0) is 27.4 Å². The van der Waals surface area contributed by atoms with Crippen LogP contribution in [0.25, 0.3) is 11.1 Å². The molecule has 7 nitrogen and oxygen atoms in total. The van der Waals surface area contributed by atoms with E-state index < -0.39 is 18.6 Å². The normalized spacial score (nSPS) is 17.1. The summed E-state index contributed by atoms with van der Waals surface area (Å²) < 4.78 is 5.89. The molecule has 1 aliphatic heterocycles. The zero-order chi connectivity index (χ0) is 23.8. The molecule has 3 aromatic carbocycles. The number of nitrogens with zero attached hydrogens (tertiary/aromatic N) is 1. The summed E-state index contributed by atoms with van der Waals surface area (Å²) in [5.41, 5.74) is 3.57. The van der Waals surface area contributed by atoms with E-state index in [4.69, 9.17) is 19.6 Å². The van der Waals surface area contributed by atoms with E-state index in [-0.39, 0.29) is 19.5 Å². The lowest BCUT2D eigenvalue weighted by Crippen LogP contribution is -2.51. The maximum Gasteiger partial charge on any atom is 0.472 e. The van der Waals surface area contributed by atoms with Gasteiger partial charge >= 0.3 is 7.12 Å². The fourth-order valence-corrected chi connectivity index (χ4v) is 3.95. The van der Waals surface area contributed by atoms with Gasteiger partial charge in [0.25, 0.3) is 5.91 Å². The van der Waals surface area contributed by atoms with Crippen molar-refractivity contribution < 1.29 is 24.4 Å². The predicted octanol–water partition coefficient (Wildman–Crippen LogP) is 2.76. The van der Waals surface area contributed by atoms with Gasteiger partial charge in [-0.3, -0.25) is 4.79 Å². The third kappa shape index (κ3) is 6.11. The largest absolute Gasteiger partial charge is 0.472 e. The Kier molecular flexibility index (Phi) is 7.74. The standard InChI is InChI=1S/C26H27BN2O5/c30-25(28-19-27(31)32)26(15-20-8-3-1-4-9-20)16-24(29-34-26)18-33-17-21-10-7-13-23(14-21)22-11-5-2-6-12-22/h1-14,31-32H,15-19H2,(H,28,30). The molecule has 1 unspecified atom stereocenters. The van der Waals surface area contributed by atoms with Crippen molar-refractivity contribution in [1.82, 2.24) is 5.32 Å². The highest BCUT2D eigenvalue weighted by molar-refractivity contribution is 6.41. The molecule has 0 bridgehead atoms. The number of hydrogen-bond acceptors (Lipinski definition) is 6. The van der Waals surface area contributed by atoms with Gasteiger partial charge in [0.1, 0.15) is 0 Å². The van der Waals surface area contributed by atoms with Crippen LogP contribution in [0.5, 0.6) is 0 Å². The lowest BCUT2D eigenvalue weighted by Gasteiger charge is -2.25. The van der Waals surface area contributed by atoms with Crippen LogP contribution >= 0.6 is 0 Å². The minimum atomic E-state index is -1.64. The van der Waals surface area contributed by atoms with E-state index in [1.165, 1.54) is 0 Å². The number of benzene rings is 3. The highest BCUT2D eigenvalue weighted by Gasteiger charge is 2.46. The fourth-order valence-electron chi connectivity index (χ4n) is 3.95. The first kappa shape index (κ1) is 23.7. The molecule has 0 saturated carbocycles. The molecule has 34 heavy (non-hydrogen) atoms. The van der Waals surface area contributed by atoms with Gasteiger partial charge in [0.05, 0.1) is 25.4 Å². The Hall–Kier alpha value is -3.46. The van der Waals surface area contributed by atoms with Gasteiger partial charge in [0.15, 0.2) is 0 Å². The third-order valence-electron chi connectivity index (χ3n) is 5.60. The minimum Gasteiger partial charge on any atom is -0.426 e. The van der Waals surface area contributed by atoms with Crippen molar-refractivity contribution in [2.24, 2.45) is 5.16 Å². The summed E-state index contributed by atoms with van der Waals surface area (Å²) in [6.45, 7) is 0.621. The molecule has 3 N–H and O–H groups in total. The summed E-state index contributed by atoms with van der Waals surface area (Å²) in [5.74, 6) is -0.446. The summed E-state index contributed by atoms with van der Waals surface area (Å²) in [4.78, 5) is 18.6. The van der Waals surface area contributed by atoms with Gasteiger partial charge in [-0.15, -0.1) is 0 Å². The lowest BCUT2D eigenvalue weighted by molar-refractivity contribution is -0.143. The van der Waals surface area contributed by atoms with Gasteiger partial charge in [0, 0.05) is 12.8 Å². The number of nitrogens with one attached hydrogen (secondary N) is 1. The average molecular weight is 458 g/mol. The Morgan fingerprint density at radius 2 is 1.62 bits per heavy atom. The van der Waals surface area contributed by atoms with Crippen molar-refractivity contribution in [3.63, 3.8) is 0 Å². The first-order valence-electron chi connectivity index (χ1n) is 11.2. The quantitative estimate of drug-likeness (QED) is 0.406. The molecule has 3 aromatic rings. The van der Waals surface area contributed by atoms with Crippen LogP contribution in [-0.4, -0.2) is 47.4 Å². The monoisotopic (exact) mass is 458 g/mol. The fraction of sp³-hybridized carbons (Fsp3) is 0.231. The second kappa shape index (κ2) is 11.1. The lowest BCUT2D eigenvalue weighted by atomic mass is 9.87. The second-order valence-electron chi connectivity index (χ2n) is 8.33. The van der Waals surface area contributed by atoms with Crippen LogP contribution in [0.4, 0.5) is 0 Å². The summed E-state index contributed by atoms with van der Waals surface area (Å²) in [6, 6.07) is 27.8. The Morgan fingerprint density at radius 3 is 2.35 bits per heavy atom. The number of hydrogen-bond donors (Lipinski definition) is 3. The van der Waals surface area contributed by atoms with Crippen molar-refractivity contribution in [1.29, 1.82) is 0 Å². The van der Waals surface area contributed by atoms with E-state index >= 15 is 0 Å². The second-order valence-corrected chi connectivity index (χ2v) is 8.33. The first-order valence-corrected chi connectivity index (χ1v) is 11.2. The van der Waals surface area contributed by atoms with Crippen molar-refractivity contribution in [2.75, 3.05) is 13.1 Å². The number of ether oxygens (including phenoxy) is 1. The Labute approximate surface area is 199 Å². The SMILES string of the molecule is O=C(NCB(O)O)C1(Cc2ccccc2)CC(COCc2cccc(-c3ccccc3)c2)=NO1. The van der Waals surface area contributed by atoms with Crippen molar-refractivity contribution in [3.8, 4) is 11.1 Å². The molecule has 0 aliphatic carbocycles. The van der Waals surface area contributed by atoms with Crippen LogP contribution in [0.3, 0.4) is 0 Å². The van der Waals surface area contributed by atoms with Crippen molar-refractivity contribution in [3.05, 3.63) is 96.1 Å². The topological polar surface area (TPSA) is 100 Å². The minimum absolute atomic E-state index is 0.224. The van der Waals surface area contributed by atoms with Gasteiger partial charge in [-0.2, -0.15) is 0 Å². The van der Waals surface area contributed by atoms with Crippen LogP contribution in [0.1, 0.15) is 17.5 Å². The van der Waals surface area contributed by atoms with Crippen LogP contribution in [0, 0.1) is 0 Å². The van der Waals surface area contributed by atoms with Gasteiger partial charge in [0.2, 0.25) is 5.60 Å².